The fourth-order valence-corrected chi connectivity index (χ4v) is 0.888. The molecule has 0 aromatic rings. The van der Waals surface area contributed by atoms with Crippen LogP contribution in [0.25, 0.3) is 0 Å². The molecule has 5 nitrogen and oxygen atoms in total. The molecule has 0 aliphatic rings. The third-order valence-electron chi connectivity index (χ3n) is 0.875. The summed E-state index contributed by atoms with van der Waals surface area (Å²) in [5, 5.41) is 3.12. The zero-order chi connectivity index (χ0) is 8.74. The highest BCUT2D eigenvalue weighted by atomic mass is 32.2. The number of amides is 1. The van der Waals surface area contributed by atoms with Gasteiger partial charge in [0.05, 0.1) is 0 Å². The van der Waals surface area contributed by atoms with E-state index >= 15 is 0 Å². The Hall–Kier alpha value is -0.880. The molecule has 0 saturated heterocycles. The summed E-state index contributed by atoms with van der Waals surface area (Å²) in [7, 11) is -3.34. The van der Waals surface area contributed by atoms with Crippen molar-refractivity contribution in [2.45, 2.75) is 7.43 Å². The summed E-state index contributed by atoms with van der Waals surface area (Å²) in [4.78, 5) is 9.69. The Bertz CT molecular complexity index is 223. The summed E-state index contributed by atoms with van der Waals surface area (Å²) < 4.78 is 23.4. The molecular formula is C6H14N2O3S. The van der Waals surface area contributed by atoms with Crippen LogP contribution >= 0.6 is 0 Å². The van der Waals surface area contributed by atoms with Gasteiger partial charge in [-0.15, -0.1) is 0 Å². The molecule has 0 aliphatic heterocycles. The van der Waals surface area contributed by atoms with Crippen LogP contribution in [0.15, 0.2) is 12.0 Å². The maximum Gasteiger partial charge on any atom is 0.233 e. The average molecular weight is 194 g/mol. The van der Waals surface area contributed by atoms with Crippen molar-refractivity contribution in [1.82, 2.24) is 10.0 Å². The molecule has 0 aliphatic carbocycles. The fourth-order valence-electron chi connectivity index (χ4n) is 0.383. The van der Waals surface area contributed by atoms with Gasteiger partial charge in [-0.25, -0.2) is 13.1 Å². The number of hydrogen-bond acceptors (Lipinski definition) is 3. The van der Waals surface area contributed by atoms with Crippen molar-refractivity contribution in [2.75, 3.05) is 13.1 Å². The van der Waals surface area contributed by atoms with Gasteiger partial charge in [0.1, 0.15) is 0 Å². The van der Waals surface area contributed by atoms with E-state index in [1.807, 2.05) is 0 Å². The maximum absolute atomic E-state index is 10.6. The van der Waals surface area contributed by atoms with Gasteiger partial charge in [-0.05, 0) is 0 Å². The molecule has 0 radical (unpaired) electrons. The maximum atomic E-state index is 10.6. The number of carbonyl (C=O) groups is 1. The SMILES string of the molecule is C.C=CS(=O)(=O)NCCNC=O. The van der Waals surface area contributed by atoms with Crippen molar-refractivity contribution in [3.63, 3.8) is 0 Å². The summed E-state index contributed by atoms with van der Waals surface area (Å²) in [5.41, 5.74) is 0. The molecule has 0 rings (SSSR count). The molecule has 0 atom stereocenters. The molecule has 72 valence electrons. The number of nitrogens with one attached hydrogen (secondary N) is 2. The standard InChI is InChI=1S/C5H10N2O3S.CH4/c1-2-11(9,10)7-4-3-6-5-8;/h2,5,7H,1,3-4H2,(H,6,8);1H4. The smallest absolute Gasteiger partial charge is 0.233 e. The van der Waals surface area contributed by atoms with Gasteiger partial charge in [-0.2, -0.15) is 0 Å². The monoisotopic (exact) mass is 194 g/mol. The number of rotatable bonds is 6. The van der Waals surface area contributed by atoms with Crippen molar-refractivity contribution in [3.8, 4) is 0 Å². The zero-order valence-electron chi connectivity index (χ0n) is 5.91. The van der Waals surface area contributed by atoms with Gasteiger partial charge in [-0.1, -0.05) is 14.0 Å². The van der Waals surface area contributed by atoms with Crippen molar-refractivity contribution in [1.29, 1.82) is 0 Å². The first-order valence-electron chi connectivity index (χ1n) is 2.91. The van der Waals surface area contributed by atoms with E-state index in [1.165, 1.54) is 0 Å². The normalized spacial score (nSPS) is 9.67. The third kappa shape index (κ3) is 7.23. The van der Waals surface area contributed by atoms with Crippen LogP contribution in [0.5, 0.6) is 0 Å². The second-order valence-corrected chi connectivity index (χ2v) is 3.39. The van der Waals surface area contributed by atoms with Crippen LogP contribution in [-0.2, 0) is 14.8 Å². The molecule has 0 saturated carbocycles. The molecule has 0 aromatic carbocycles. The predicted molar refractivity (Wildman–Crippen MR) is 47.9 cm³/mol. The van der Waals surface area contributed by atoms with Crippen molar-refractivity contribution < 1.29 is 13.2 Å². The van der Waals surface area contributed by atoms with Crippen LogP contribution in [0.2, 0.25) is 0 Å². The highest BCUT2D eigenvalue weighted by molar-refractivity contribution is 7.92. The number of hydrogen-bond donors (Lipinski definition) is 2. The molecular weight excluding hydrogens is 180 g/mol. The zero-order valence-corrected chi connectivity index (χ0v) is 6.73. The third-order valence-corrected chi connectivity index (χ3v) is 1.92. The van der Waals surface area contributed by atoms with Gasteiger partial charge < -0.3 is 5.32 Å². The van der Waals surface area contributed by atoms with Crippen molar-refractivity contribution in [2.24, 2.45) is 0 Å². The topological polar surface area (TPSA) is 75.3 Å². The highest BCUT2D eigenvalue weighted by Gasteiger charge is 2.00. The Morgan fingerprint density at radius 2 is 1.92 bits per heavy atom. The summed E-state index contributed by atoms with van der Waals surface area (Å²) in [6.07, 6.45) is 0.502. The lowest BCUT2D eigenvalue weighted by Crippen LogP contribution is -2.29. The van der Waals surface area contributed by atoms with Crippen LogP contribution in [0.3, 0.4) is 0 Å². The molecule has 0 bridgehead atoms. The fraction of sp³-hybridized carbons (Fsp3) is 0.500. The van der Waals surface area contributed by atoms with Gasteiger partial charge >= 0.3 is 0 Å². The molecule has 0 spiro atoms. The van der Waals surface area contributed by atoms with E-state index < -0.39 is 10.0 Å². The predicted octanol–water partition coefficient (Wildman–Crippen LogP) is -0.569. The Morgan fingerprint density at radius 1 is 1.33 bits per heavy atom. The summed E-state index contributed by atoms with van der Waals surface area (Å²) in [6, 6.07) is 0. The van der Waals surface area contributed by atoms with E-state index in [4.69, 9.17) is 0 Å². The molecule has 0 unspecified atom stereocenters. The van der Waals surface area contributed by atoms with Gasteiger partial charge in [0.2, 0.25) is 16.4 Å². The minimum Gasteiger partial charge on any atom is -0.357 e. The largest absolute Gasteiger partial charge is 0.357 e. The minimum atomic E-state index is -3.34. The lowest BCUT2D eigenvalue weighted by Gasteiger charge is -1.99. The van der Waals surface area contributed by atoms with E-state index in [2.05, 4.69) is 16.6 Å². The molecule has 0 fully saturated rings. The summed E-state index contributed by atoms with van der Waals surface area (Å²) in [6.45, 7) is 3.54. The van der Waals surface area contributed by atoms with E-state index in [0.717, 1.165) is 5.41 Å². The van der Waals surface area contributed by atoms with E-state index in [1.54, 1.807) is 0 Å². The van der Waals surface area contributed by atoms with Gasteiger partial charge in [-0.3, -0.25) is 4.79 Å². The first-order chi connectivity index (χ1) is 5.12. The molecule has 0 aromatic heterocycles. The molecule has 0 heterocycles. The van der Waals surface area contributed by atoms with Crippen LogP contribution in [0.1, 0.15) is 7.43 Å². The van der Waals surface area contributed by atoms with Crippen LogP contribution < -0.4 is 10.0 Å². The quantitative estimate of drug-likeness (QED) is 0.439. The lowest BCUT2D eigenvalue weighted by molar-refractivity contribution is -0.109. The second kappa shape index (κ2) is 6.81. The minimum absolute atomic E-state index is 0. The average Bonchev–Trinajstić information content (AvgIpc) is 1.99. The first kappa shape index (κ1) is 13.7. The Morgan fingerprint density at radius 3 is 2.33 bits per heavy atom. The molecule has 6 heteroatoms. The number of carbonyl (C=O) groups excluding carboxylic acids is 1. The first-order valence-corrected chi connectivity index (χ1v) is 4.46. The molecule has 1 amide bonds. The molecule has 2 N–H and O–H groups in total. The van der Waals surface area contributed by atoms with Crippen LogP contribution in [-0.4, -0.2) is 27.9 Å². The van der Waals surface area contributed by atoms with E-state index in [-0.39, 0.29) is 20.5 Å². The Balaban J connectivity index is 0. The van der Waals surface area contributed by atoms with E-state index in [9.17, 15) is 13.2 Å². The Labute approximate surface area is 72.9 Å². The summed E-state index contributed by atoms with van der Waals surface area (Å²) in [5.74, 6) is 0. The van der Waals surface area contributed by atoms with Crippen molar-refractivity contribution in [3.05, 3.63) is 12.0 Å². The Kier molecular flexibility index (Phi) is 7.77. The van der Waals surface area contributed by atoms with Crippen LogP contribution in [0.4, 0.5) is 0 Å². The van der Waals surface area contributed by atoms with Crippen LogP contribution in [0, 0.1) is 0 Å². The molecule has 12 heavy (non-hydrogen) atoms. The number of sulfonamides is 1. The van der Waals surface area contributed by atoms with Gasteiger partial charge in [0.25, 0.3) is 0 Å². The van der Waals surface area contributed by atoms with Crippen molar-refractivity contribution >= 4 is 16.4 Å². The van der Waals surface area contributed by atoms with Gasteiger partial charge in [0, 0.05) is 18.5 Å². The second-order valence-electron chi connectivity index (χ2n) is 1.68. The highest BCUT2D eigenvalue weighted by Crippen LogP contribution is 1.80. The lowest BCUT2D eigenvalue weighted by atomic mass is 10.7. The van der Waals surface area contributed by atoms with E-state index in [0.29, 0.717) is 6.41 Å². The summed E-state index contributed by atoms with van der Waals surface area (Å²) >= 11 is 0. The van der Waals surface area contributed by atoms with Gasteiger partial charge in [0.15, 0.2) is 0 Å².